The molecule has 0 saturated heterocycles. The number of carbonyl (C=O) groups is 1. The van der Waals surface area contributed by atoms with Crippen LogP contribution in [0.2, 0.25) is 0 Å². The lowest BCUT2D eigenvalue weighted by Gasteiger charge is -2.35. The van der Waals surface area contributed by atoms with E-state index in [4.69, 9.17) is 11.5 Å². The molecule has 0 spiro atoms. The second kappa shape index (κ2) is 2.75. The standard InChI is InChI=1S/C8H16N2O/c1-5-6(11)8(9,10)7(2,3)4/h5H,1,9-10H2,2-4H3. The molecule has 0 aliphatic rings. The number of hydrogen-bond acceptors (Lipinski definition) is 3. The van der Waals surface area contributed by atoms with E-state index in [9.17, 15) is 4.79 Å². The van der Waals surface area contributed by atoms with E-state index in [1.54, 1.807) is 0 Å². The van der Waals surface area contributed by atoms with E-state index >= 15 is 0 Å². The molecule has 0 radical (unpaired) electrons. The lowest BCUT2D eigenvalue weighted by molar-refractivity contribution is -0.122. The Bertz CT molecular complexity index is 177. The van der Waals surface area contributed by atoms with Gasteiger partial charge in [0.05, 0.1) is 0 Å². The van der Waals surface area contributed by atoms with Gasteiger partial charge < -0.3 is 11.5 Å². The third kappa shape index (κ3) is 1.88. The first kappa shape index (κ1) is 10.3. The molecule has 0 aliphatic heterocycles. The minimum absolute atomic E-state index is 0.329. The summed E-state index contributed by atoms with van der Waals surface area (Å²) in [6.45, 7) is 8.77. The molecule has 11 heavy (non-hydrogen) atoms. The average Bonchev–Trinajstić information content (AvgIpc) is 1.83. The van der Waals surface area contributed by atoms with Crippen molar-refractivity contribution in [2.45, 2.75) is 26.4 Å². The van der Waals surface area contributed by atoms with E-state index in [2.05, 4.69) is 6.58 Å². The Kier molecular flexibility index (Phi) is 2.59. The van der Waals surface area contributed by atoms with Gasteiger partial charge in [0.1, 0.15) is 5.66 Å². The fraction of sp³-hybridized carbons (Fsp3) is 0.625. The highest BCUT2D eigenvalue weighted by Gasteiger charge is 2.39. The first-order valence-corrected chi connectivity index (χ1v) is 3.48. The van der Waals surface area contributed by atoms with Crippen molar-refractivity contribution in [3.05, 3.63) is 12.7 Å². The number of ketones is 1. The monoisotopic (exact) mass is 156 g/mol. The molecule has 0 aromatic rings. The van der Waals surface area contributed by atoms with Crippen LogP contribution in [0.1, 0.15) is 20.8 Å². The Morgan fingerprint density at radius 2 is 1.73 bits per heavy atom. The largest absolute Gasteiger partial charge is 0.306 e. The molecule has 3 nitrogen and oxygen atoms in total. The molecule has 0 atom stereocenters. The van der Waals surface area contributed by atoms with Crippen molar-refractivity contribution < 1.29 is 4.79 Å². The second-order valence-corrected chi connectivity index (χ2v) is 3.69. The molecule has 0 aromatic carbocycles. The van der Waals surface area contributed by atoms with Crippen molar-refractivity contribution in [3.8, 4) is 0 Å². The average molecular weight is 156 g/mol. The van der Waals surface area contributed by atoms with Crippen molar-refractivity contribution in [2.24, 2.45) is 16.9 Å². The van der Waals surface area contributed by atoms with Crippen LogP contribution in [0.5, 0.6) is 0 Å². The van der Waals surface area contributed by atoms with E-state index < -0.39 is 11.1 Å². The Balaban J connectivity index is 4.73. The summed E-state index contributed by atoms with van der Waals surface area (Å²) in [5.74, 6) is -0.329. The maximum absolute atomic E-state index is 11.1. The zero-order valence-electron chi connectivity index (χ0n) is 7.35. The molecule has 0 unspecified atom stereocenters. The van der Waals surface area contributed by atoms with Crippen LogP contribution in [0, 0.1) is 5.41 Å². The molecule has 3 heteroatoms. The summed E-state index contributed by atoms with van der Waals surface area (Å²) < 4.78 is 0. The maximum atomic E-state index is 11.1. The van der Waals surface area contributed by atoms with Gasteiger partial charge in [-0.25, -0.2) is 0 Å². The van der Waals surface area contributed by atoms with Crippen molar-refractivity contribution in [1.82, 2.24) is 0 Å². The molecule has 0 aromatic heterocycles. The highest BCUT2D eigenvalue weighted by Crippen LogP contribution is 2.24. The summed E-state index contributed by atoms with van der Waals surface area (Å²) in [5, 5.41) is 0. The maximum Gasteiger partial charge on any atom is 0.189 e. The predicted molar refractivity (Wildman–Crippen MR) is 45.8 cm³/mol. The quantitative estimate of drug-likeness (QED) is 0.449. The SMILES string of the molecule is C=CC(=O)C(N)(N)C(C)(C)C. The normalized spacial score (nSPS) is 12.8. The third-order valence-corrected chi connectivity index (χ3v) is 1.83. The highest BCUT2D eigenvalue weighted by molar-refractivity contribution is 5.97. The zero-order valence-corrected chi connectivity index (χ0v) is 7.35. The van der Waals surface area contributed by atoms with Crippen molar-refractivity contribution in [2.75, 3.05) is 0 Å². The Hall–Kier alpha value is -0.670. The van der Waals surface area contributed by atoms with Gasteiger partial charge >= 0.3 is 0 Å². The summed E-state index contributed by atoms with van der Waals surface area (Å²) in [5.41, 5.74) is 9.45. The van der Waals surface area contributed by atoms with Gasteiger partial charge in [-0.1, -0.05) is 27.4 Å². The van der Waals surface area contributed by atoms with E-state index in [1.165, 1.54) is 0 Å². The Morgan fingerprint density at radius 3 is 1.82 bits per heavy atom. The summed E-state index contributed by atoms with van der Waals surface area (Å²) >= 11 is 0. The van der Waals surface area contributed by atoms with E-state index in [1.807, 2.05) is 20.8 Å². The second-order valence-electron chi connectivity index (χ2n) is 3.69. The van der Waals surface area contributed by atoms with Crippen molar-refractivity contribution in [3.63, 3.8) is 0 Å². The lowest BCUT2D eigenvalue weighted by Crippen LogP contribution is -2.64. The van der Waals surface area contributed by atoms with Crippen LogP contribution < -0.4 is 11.5 Å². The molecule has 64 valence electrons. The summed E-state index contributed by atoms with van der Waals surface area (Å²) in [7, 11) is 0. The molecule has 0 saturated carbocycles. The number of carbonyl (C=O) groups excluding carboxylic acids is 1. The van der Waals surface area contributed by atoms with E-state index in [-0.39, 0.29) is 5.78 Å². The van der Waals surface area contributed by atoms with Crippen molar-refractivity contribution >= 4 is 5.78 Å². The molecular formula is C8H16N2O. The van der Waals surface area contributed by atoms with Crippen LogP contribution in [0.25, 0.3) is 0 Å². The van der Waals surface area contributed by atoms with Gasteiger partial charge in [0.15, 0.2) is 5.78 Å². The molecule has 0 fully saturated rings. The molecular weight excluding hydrogens is 140 g/mol. The Labute approximate surface area is 67.4 Å². The van der Waals surface area contributed by atoms with Gasteiger partial charge in [-0.05, 0) is 6.08 Å². The van der Waals surface area contributed by atoms with Crippen molar-refractivity contribution in [1.29, 1.82) is 0 Å². The van der Waals surface area contributed by atoms with Crippen LogP contribution in [-0.4, -0.2) is 11.4 Å². The van der Waals surface area contributed by atoms with Gasteiger partial charge in [-0.3, -0.25) is 4.79 Å². The van der Waals surface area contributed by atoms with Crippen LogP contribution in [0.3, 0.4) is 0 Å². The zero-order chi connectivity index (χ0) is 9.28. The summed E-state index contributed by atoms with van der Waals surface area (Å²) in [6.07, 6.45) is 1.16. The molecule has 0 heterocycles. The summed E-state index contributed by atoms with van der Waals surface area (Å²) in [6, 6.07) is 0. The fourth-order valence-electron chi connectivity index (χ4n) is 0.538. The van der Waals surface area contributed by atoms with E-state index in [0.29, 0.717) is 0 Å². The molecule has 4 N–H and O–H groups in total. The molecule has 0 bridgehead atoms. The number of rotatable bonds is 2. The van der Waals surface area contributed by atoms with E-state index in [0.717, 1.165) is 6.08 Å². The van der Waals surface area contributed by atoms with Gasteiger partial charge in [-0.15, -0.1) is 0 Å². The summed E-state index contributed by atoms with van der Waals surface area (Å²) in [4.78, 5) is 11.1. The number of nitrogens with two attached hydrogens (primary N) is 2. The third-order valence-electron chi connectivity index (χ3n) is 1.83. The highest BCUT2D eigenvalue weighted by atomic mass is 16.1. The van der Waals surface area contributed by atoms with Crippen LogP contribution in [0.15, 0.2) is 12.7 Å². The lowest BCUT2D eigenvalue weighted by atomic mass is 9.79. The first-order chi connectivity index (χ1) is 4.73. The topological polar surface area (TPSA) is 69.1 Å². The van der Waals surface area contributed by atoms with Gasteiger partial charge in [-0.2, -0.15) is 0 Å². The molecule has 0 amide bonds. The minimum atomic E-state index is -1.31. The number of hydrogen-bond donors (Lipinski definition) is 2. The minimum Gasteiger partial charge on any atom is -0.306 e. The predicted octanol–water partition coefficient (Wildman–Crippen LogP) is 0.401. The molecule has 0 aliphatic carbocycles. The van der Waals surface area contributed by atoms with Crippen LogP contribution in [0.4, 0.5) is 0 Å². The Morgan fingerprint density at radius 1 is 1.36 bits per heavy atom. The van der Waals surface area contributed by atoms with Crippen LogP contribution >= 0.6 is 0 Å². The fourth-order valence-corrected chi connectivity index (χ4v) is 0.538. The molecule has 0 rings (SSSR count). The van der Waals surface area contributed by atoms with Gasteiger partial charge in [0.2, 0.25) is 0 Å². The van der Waals surface area contributed by atoms with Gasteiger partial charge in [0.25, 0.3) is 0 Å². The van der Waals surface area contributed by atoms with Gasteiger partial charge in [0, 0.05) is 5.41 Å². The van der Waals surface area contributed by atoms with Crippen LogP contribution in [-0.2, 0) is 4.79 Å². The smallest absolute Gasteiger partial charge is 0.189 e. The first-order valence-electron chi connectivity index (χ1n) is 3.48.